The summed E-state index contributed by atoms with van der Waals surface area (Å²) in [5.41, 5.74) is 3.10. The number of rotatable bonds is 5. The highest BCUT2D eigenvalue weighted by molar-refractivity contribution is 5.78. The molecule has 1 heterocycles. The zero-order valence-corrected chi connectivity index (χ0v) is 11.3. The molecule has 0 fully saturated rings. The first-order valence-electron chi connectivity index (χ1n) is 6.37. The van der Waals surface area contributed by atoms with Gasteiger partial charge in [0.25, 0.3) is 0 Å². The predicted molar refractivity (Wildman–Crippen MR) is 72.8 cm³/mol. The zero-order valence-electron chi connectivity index (χ0n) is 11.3. The van der Waals surface area contributed by atoms with Gasteiger partial charge in [-0.3, -0.25) is 4.79 Å². The molecule has 1 N–H and O–H groups in total. The van der Waals surface area contributed by atoms with Gasteiger partial charge in [-0.15, -0.1) is 0 Å². The highest BCUT2D eigenvalue weighted by atomic mass is 16.3. The summed E-state index contributed by atoms with van der Waals surface area (Å²) >= 11 is 0. The molecule has 2 rings (SSSR count). The molecule has 0 aliphatic heterocycles. The van der Waals surface area contributed by atoms with Crippen molar-refractivity contribution in [3.05, 3.63) is 53.2 Å². The molecule has 0 aliphatic carbocycles. The Balaban J connectivity index is 1.74. The average molecular weight is 258 g/mol. The first-order chi connectivity index (χ1) is 9.13. The molecular formula is C15H18N2O2. The van der Waals surface area contributed by atoms with Crippen molar-refractivity contribution in [3.8, 4) is 0 Å². The Morgan fingerprint density at radius 3 is 2.63 bits per heavy atom. The van der Waals surface area contributed by atoms with Crippen LogP contribution in [0, 0.1) is 13.8 Å². The van der Waals surface area contributed by atoms with Crippen molar-refractivity contribution in [1.82, 2.24) is 10.3 Å². The molecule has 0 unspecified atom stereocenters. The van der Waals surface area contributed by atoms with Gasteiger partial charge in [-0.25, -0.2) is 4.98 Å². The normalized spacial score (nSPS) is 10.4. The standard InChI is InChI=1S/C15H18N2O2/c1-11-3-5-13(6-4-11)9-15(18)16-8-7-14-10-19-12(2)17-14/h3-6,10H,7-9H2,1-2H3,(H,16,18). The molecule has 0 aliphatic rings. The van der Waals surface area contributed by atoms with Gasteiger partial charge in [0.15, 0.2) is 5.89 Å². The van der Waals surface area contributed by atoms with Gasteiger partial charge in [0.2, 0.25) is 5.91 Å². The maximum atomic E-state index is 11.7. The van der Waals surface area contributed by atoms with E-state index in [1.807, 2.05) is 31.2 Å². The Labute approximate surface area is 112 Å². The van der Waals surface area contributed by atoms with Crippen LogP contribution >= 0.6 is 0 Å². The number of nitrogens with one attached hydrogen (secondary N) is 1. The van der Waals surface area contributed by atoms with Crippen molar-refractivity contribution in [2.45, 2.75) is 26.7 Å². The fourth-order valence-corrected chi connectivity index (χ4v) is 1.81. The molecular weight excluding hydrogens is 240 g/mol. The molecule has 0 atom stereocenters. The monoisotopic (exact) mass is 258 g/mol. The Hall–Kier alpha value is -2.10. The zero-order chi connectivity index (χ0) is 13.7. The van der Waals surface area contributed by atoms with E-state index in [1.165, 1.54) is 5.56 Å². The lowest BCUT2D eigenvalue weighted by molar-refractivity contribution is -0.120. The van der Waals surface area contributed by atoms with Gasteiger partial charge < -0.3 is 9.73 Å². The van der Waals surface area contributed by atoms with E-state index in [4.69, 9.17) is 4.42 Å². The lowest BCUT2D eigenvalue weighted by atomic mass is 10.1. The molecule has 0 spiro atoms. The summed E-state index contributed by atoms with van der Waals surface area (Å²) in [7, 11) is 0. The number of aryl methyl sites for hydroxylation is 2. The van der Waals surface area contributed by atoms with E-state index < -0.39 is 0 Å². The number of amides is 1. The van der Waals surface area contributed by atoms with Crippen LogP contribution in [0.5, 0.6) is 0 Å². The molecule has 100 valence electrons. The van der Waals surface area contributed by atoms with Gasteiger partial charge >= 0.3 is 0 Å². The Bertz CT molecular complexity index is 544. The third-order valence-corrected chi connectivity index (χ3v) is 2.86. The molecule has 1 aromatic heterocycles. The molecule has 0 saturated heterocycles. The maximum Gasteiger partial charge on any atom is 0.224 e. The van der Waals surface area contributed by atoms with Crippen LogP contribution in [-0.4, -0.2) is 17.4 Å². The number of carbonyl (C=O) groups excluding carboxylic acids is 1. The minimum absolute atomic E-state index is 0.0315. The molecule has 0 bridgehead atoms. The van der Waals surface area contributed by atoms with E-state index in [0.717, 1.165) is 11.3 Å². The van der Waals surface area contributed by atoms with Crippen LogP contribution < -0.4 is 5.32 Å². The summed E-state index contributed by atoms with van der Waals surface area (Å²) in [4.78, 5) is 15.9. The van der Waals surface area contributed by atoms with E-state index in [2.05, 4.69) is 10.3 Å². The van der Waals surface area contributed by atoms with Crippen LogP contribution in [0.1, 0.15) is 22.7 Å². The van der Waals surface area contributed by atoms with Crippen molar-refractivity contribution in [3.63, 3.8) is 0 Å². The maximum absolute atomic E-state index is 11.7. The summed E-state index contributed by atoms with van der Waals surface area (Å²) in [6.07, 6.45) is 2.73. The first kappa shape index (κ1) is 13.3. The number of carbonyl (C=O) groups is 1. The second-order valence-corrected chi connectivity index (χ2v) is 4.62. The van der Waals surface area contributed by atoms with Crippen molar-refractivity contribution in [2.75, 3.05) is 6.54 Å². The van der Waals surface area contributed by atoms with Crippen LogP contribution in [-0.2, 0) is 17.6 Å². The number of oxazole rings is 1. The lowest BCUT2D eigenvalue weighted by Gasteiger charge is -2.04. The third kappa shape index (κ3) is 4.25. The summed E-state index contributed by atoms with van der Waals surface area (Å²) in [5.74, 6) is 0.685. The highest BCUT2D eigenvalue weighted by Crippen LogP contribution is 2.04. The fraction of sp³-hybridized carbons (Fsp3) is 0.333. The number of hydrogen-bond acceptors (Lipinski definition) is 3. The van der Waals surface area contributed by atoms with Crippen LogP contribution in [0.25, 0.3) is 0 Å². The molecule has 19 heavy (non-hydrogen) atoms. The topological polar surface area (TPSA) is 55.1 Å². The largest absolute Gasteiger partial charge is 0.449 e. The summed E-state index contributed by atoms with van der Waals surface area (Å²) in [5, 5.41) is 2.88. The Kier molecular flexibility index (Phi) is 4.34. The van der Waals surface area contributed by atoms with E-state index in [9.17, 15) is 4.79 Å². The van der Waals surface area contributed by atoms with E-state index >= 15 is 0 Å². The van der Waals surface area contributed by atoms with Crippen LogP contribution in [0.15, 0.2) is 34.9 Å². The SMILES string of the molecule is Cc1ccc(CC(=O)NCCc2coc(C)n2)cc1. The van der Waals surface area contributed by atoms with Gasteiger partial charge in [-0.05, 0) is 12.5 Å². The molecule has 0 saturated carbocycles. The molecule has 4 heteroatoms. The minimum atomic E-state index is 0.0315. The number of hydrogen-bond donors (Lipinski definition) is 1. The second kappa shape index (κ2) is 6.18. The van der Waals surface area contributed by atoms with Crippen LogP contribution in [0.3, 0.4) is 0 Å². The molecule has 1 aromatic carbocycles. The first-order valence-corrected chi connectivity index (χ1v) is 6.37. The molecule has 1 amide bonds. The molecule has 0 radical (unpaired) electrons. The van der Waals surface area contributed by atoms with E-state index in [1.54, 1.807) is 13.2 Å². The predicted octanol–water partition coefficient (Wildman–Crippen LogP) is 2.19. The van der Waals surface area contributed by atoms with Crippen molar-refractivity contribution >= 4 is 5.91 Å². The summed E-state index contributed by atoms with van der Waals surface area (Å²) in [6.45, 7) is 4.42. The van der Waals surface area contributed by atoms with Gasteiger partial charge in [-0.2, -0.15) is 0 Å². The third-order valence-electron chi connectivity index (χ3n) is 2.86. The van der Waals surface area contributed by atoms with E-state index in [-0.39, 0.29) is 5.91 Å². The highest BCUT2D eigenvalue weighted by Gasteiger charge is 2.04. The van der Waals surface area contributed by atoms with Crippen molar-refractivity contribution in [1.29, 1.82) is 0 Å². The number of aromatic nitrogens is 1. The summed E-state index contributed by atoms with van der Waals surface area (Å²) < 4.78 is 5.11. The van der Waals surface area contributed by atoms with Gasteiger partial charge in [-0.1, -0.05) is 29.8 Å². The Morgan fingerprint density at radius 2 is 2.00 bits per heavy atom. The van der Waals surface area contributed by atoms with Crippen LogP contribution in [0.4, 0.5) is 0 Å². The Morgan fingerprint density at radius 1 is 1.26 bits per heavy atom. The van der Waals surface area contributed by atoms with Crippen molar-refractivity contribution in [2.24, 2.45) is 0 Å². The number of benzene rings is 1. The number of nitrogens with zero attached hydrogens (tertiary/aromatic N) is 1. The van der Waals surface area contributed by atoms with Gasteiger partial charge in [0.1, 0.15) is 6.26 Å². The van der Waals surface area contributed by atoms with Crippen molar-refractivity contribution < 1.29 is 9.21 Å². The fourth-order valence-electron chi connectivity index (χ4n) is 1.81. The molecule has 4 nitrogen and oxygen atoms in total. The second-order valence-electron chi connectivity index (χ2n) is 4.62. The van der Waals surface area contributed by atoms with Gasteiger partial charge in [0, 0.05) is 19.9 Å². The summed E-state index contributed by atoms with van der Waals surface area (Å²) in [6, 6.07) is 7.99. The molecule has 2 aromatic rings. The minimum Gasteiger partial charge on any atom is -0.449 e. The average Bonchev–Trinajstić information content (AvgIpc) is 2.78. The smallest absolute Gasteiger partial charge is 0.224 e. The van der Waals surface area contributed by atoms with Gasteiger partial charge in [0.05, 0.1) is 12.1 Å². The lowest BCUT2D eigenvalue weighted by Crippen LogP contribution is -2.27. The van der Waals surface area contributed by atoms with E-state index in [0.29, 0.717) is 25.3 Å². The quantitative estimate of drug-likeness (QED) is 0.894. The van der Waals surface area contributed by atoms with Crippen LogP contribution in [0.2, 0.25) is 0 Å².